The third-order valence-corrected chi connectivity index (χ3v) is 3.61. The van der Waals surface area contributed by atoms with E-state index in [2.05, 4.69) is 15.4 Å². The zero-order valence-electron chi connectivity index (χ0n) is 15.0. The number of nitrogens with zero attached hydrogens (tertiary/aromatic N) is 3. The molecule has 0 unspecified atom stereocenters. The Labute approximate surface area is 159 Å². The van der Waals surface area contributed by atoms with Crippen LogP contribution in [0.1, 0.15) is 10.4 Å². The zero-order valence-corrected chi connectivity index (χ0v) is 15.0. The predicted molar refractivity (Wildman–Crippen MR) is 98.3 cm³/mol. The first-order valence-corrected chi connectivity index (χ1v) is 8.40. The SMILES string of the molecule is Cn1ccc(NC(=O)c2cc(Oc3cccnc3)cc(OC(CF)CF)c2)n1. The van der Waals surface area contributed by atoms with Gasteiger partial charge < -0.3 is 14.8 Å². The van der Waals surface area contributed by atoms with E-state index in [1.54, 1.807) is 42.3 Å². The van der Waals surface area contributed by atoms with Gasteiger partial charge in [-0.05, 0) is 24.3 Å². The van der Waals surface area contributed by atoms with Gasteiger partial charge in [-0.3, -0.25) is 14.5 Å². The van der Waals surface area contributed by atoms with Crippen LogP contribution in [-0.4, -0.2) is 40.1 Å². The number of aryl methyl sites for hydroxylation is 1. The Morgan fingerprint density at radius 2 is 1.96 bits per heavy atom. The molecule has 2 heterocycles. The maximum atomic E-state index is 12.8. The Bertz CT molecular complexity index is 930. The molecule has 0 atom stereocenters. The number of benzene rings is 1. The van der Waals surface area contributed by atoms with E-state index in [1.165, 1.54) is 24.4 Å². The number of hydrogen-bond donors (Lipinski definition) is 1. The van der Waals surface area contributed by atoms with E-state index >= 15 is 0 Å². The fourth-order valence-corrected chi connectivity index (χ4v) is 2.34. The van der Waals surface area contributed by atoms with Gasteiger partial charge in [0.2, 0.25) is 0 Å². The lowest BCUT2D eigenvalue weighted by molar-refractivity contribution is 0.102. The minimum absolute atomic E-state index is 0.105. The Morgan fingerprint density at radius 3 is 2.61 bits per heavy atom. The molecule has 3 aromatic rings. The highest BCUT2D eigenvalue weighted by Crippen LogP contribution is 2.28. The molecule has 1 aromatic carbocycles. The summed E-state index contributed by atoms with van der Waals surface area (Å²) in [5, 5.41) is 6.71. The van der Waals surface area contributed by atoms with E-state index in [0.29, 0.717) is 11.6 Å². The molecule has 7 nitrogen and oxygen atoms in total. The van der Waals surface area contributed by atoms with Gasteiger partial charge in [0.15, 0.2) is 11.9 Å². The molecule has 0 saturated carbocycles. The lowest BCUT2D eigenvalue weighted by atomic mass is 10.2. The Kier molecular flexibility index (Phi) is 6.15. The molecule has 0 aliphatic carbocycles. The fourth-order valence-electron chi connectivity index (χ4n) is 2.34. The van der Waals surface area contributed by atoms with Gasteiger partial charge in [-0.15, -0.1) is 0 Å². The van der Waals surface area contributed by atoms with Crippen LogP contribution in [0.3, 0.4) is 0 Å². The van der Waals surface area contributed by atoms with Crippen molar-refractivity contribution in [2.45, 2.75) is 6.10 Å². The van der Waals surface area contributed by atoms with Crippen LogP contribution >= 0.6 is 0 Å². The Balaban J connectivity index is 1.88. The number of nitrogens with one attached hydrogen (secondary N) is 1. The summed E-state index contributed by atoms with van der Waals surface area (Å²) in [4.78, 5) is 16.5. The molecule has 0 spiro atoms. The number of rotatable bonds is 8. The van der Waals surface area contributed by atoms with Gasteiger partial charge in [0.05, 0.1) is 6.20 Å². The van der Waals surface area contributed by atoms with E-state index in [4.69, 9.17) is 9.47 Å². The van der Waals surface area contributed by atoms with Crippen molar-refractivity contribution in [2.75, 3.05) is 18.7 Å². The van der Waals surface area contributed by atoms with E-state index in [-0.39, 0.29) is 17.1 Å². The first kappa shape index (κ1) is 19.3. The molecular weight excluding hydrogens is 370 g/mol. The molecule has 28 heavy (non-hydrogen) atoms. The van der Waals surface area contributed by atoms with Crippen molar-refractivity contribution in [3.05, 3.63) is 60.6 Å². The number of anilines is 1. The van der Waals surface area contributed by atoms with Crippen LogP contribution in [0.2, 0.25) is 0 Å². The Hall–Kier alpha value is -3.49. The van der Waals surface area contributed by atoms with Crippen LogP contribution in [0.5, 0.6) is 17.2 Å². The molecule has 0 fully saturated rings. The monoisotopic (exact) mass is 388 g/mol. The molecule has 0 aliphatic rings. The quantitative estimate of drug-likeness (QED) is 0.639. The van der Waals surface area contributed by atoms with E-state index in [9.17, 15) is 13.6 Å². The highest BCUT2D eigenvalue weighted by molar-refractivity contribution is 6.04. The summed E-state index contributed by atoms with van der Waals surface area (Å²) < 4.78 is 38.2. The maximum absolute atomic E-state index is 12.8. The summed E-state index contributed by atoms with van der Waals surface area (Å²) in [5.74, 6) is 0.681. The second-order valence-electron chi connectivity index (χ2n) is 5.86. The summed E-state index contributed by atoms with van der Waals surface area (Å²) in [5.41, 5.74) is 0.179. The van der Waals surface area contributed by atoms with Crippen molar-refractivity contribution in [3.8, 4) is 17.2 Å². The van der Waals surface area contributed by atoms with Crippen molar-refractivity contribution in [2.24, 2.45) is 7.05 Å². The lowest BCUT2D eigenvalue weighted by Gasteiger charge is -2.15. The number of ether oxygens (including phenoxy) is 2. The minimum Gasteiger partial charge on any atom is -0.485 e. The number of carbonyl (C=O) groups excluding carboxylic acids is 1. The second kappa shape index (κ2) is 8.94. The van der Waals surface area contributed by atoms with Gasteiger partial charge in [0, 0.05) is 37.1 Å². The number of alkyl halides is 2. The predicted octanol–water partition coefficient (Wildman–Crippen LogP) is 3.55. The molecule has 3 rings (SSSR count). The van der Waals surface area contributed by atoms with Crippen LogP contribution in [0.15, 0.2) is 55.0 Å². The molecule has 146 valence electrons. The van der Waals surface area contributed by atoms with Crippen molar-refractivity contribution >= 4 is 11.7 Å². The molecule has 1 N–H and O–H groups in total. The second-order valence-corrected chi connectivity index (χ2v) is 5.86. The first-order valence-electron chi connectivity index (χ1n) is 8.40. The van der Waals surface area contributed by atoms with Crippen LogP contribution in [0.4, 0.5) is 14.6 Å². The summed E-state index contributed by atoms with van der Waals surface area (Å²) in [6.45, 7) is -2.00. The van der Waals surface area contributed by atoms with Crippen LogP contribution in [-0.2, 0) is 7.05 Å². The fraction of sp³-hybridized carbons (Fsp3) is 0.211. The van der Waals surface area contributed by atoms with Gasteiger partial charge in [-0.1, -0.05) is 0 Å². The maximum Gasteiger partial charge on any atom is 0.257 e. The smallest absolute Gasteiger partial charge is 0.257 e. The van der Waals surface area contributed by atoms with Gasteiger partial charge >= 0.3 is 0 Å². The third-order valence-electron chi connectivity index (χ3n) is 3.61. The van der Waals surface area contributed by atoms with E-state index in [1.807, 2.05) is 0 Å². The third kappa shape index (κ3) is 5.03. The zero-order chi connectivity index (χ0) is 19.9. The number of aromatic nitrogens is 3. The van der Waals surface area contributed by atoms with Crippen LogP contribution in [0, 0.1) is 0 Å². The topological polar surface area (TPSA) is 78.3 Å². The van der Waals surface area contributed by atoms with Gasteiger partial charge in [-0.2, -0.15) is 5.10 Å². The van der Waals surface area contributed by atoms with Gasteiger partial charge in [-0.25, -0.2) is 8.78 Å². The first-order chi connectivity index (χ1) is 13.6. The Morgan fingerprint density at radius 1 is 1.18 bits per heavy atom. The largest absolute Gasteiger partial charge is 0.485 e. The summed E-state index contributed by atoms with van der Waals surface area (Å²) >= 11 is 0. The van der Waals surface area contributed by atoms with Crippen LogP contribution in [0.25, 0.3) is 0 Å². The number of amides is 1. The minimum atomic E-state index is -1.26. The molecule has 1 amide bonds. The van der Waals surface area contributed by atoms with Crippen molar-refractivity contribution < 1.29 is 23.0 Å². The highest BCUT2D eigenvalue weighted by atomic mass is 19.1. The number of pyridine rings is 1. The number of hydrogen-bond acceptors (Lipinski definition) is 5. The molecule has 0 radical (unpaired) electrons. The van der Waals surface area contributed by atoms with Crippen molar-refractivity contribution in [3.63, 3.8) is 0 Å². The van der Waals surface area contributed by atoms with Gasteiger partial charge in [0.25, 0.3) is 5.91 Å². The van der Waals surface area contributed by atoms with Crippen molar-refractivity contribution in [1.82, 2.24) is 14.8 Å². The average molecular weight is 388 g/mol. The summed E-state index contributed by atoms with van der Waals surface area (Å²) in [7, 11) is 1.72. The molecular formula is C19H18F2N4O3. The lowest BCUT2D eigenvalue weighted by Crippen LogP contribution is -2.21. The standard InChI is InChI=1S/C19H18F2N4O3/c1-25-6-4-18(24-25)23-19(26)13-7-15(27-14-3-2-5-22-12-14)9-16(8-13)28-17(10-20)11-21/h2-9,12,17H,10-11H2,1H3,(H,23,24,26). The molecule has 2 aromatic heterocycles. The highest BCUT2D eigenvalue weighted by Gasteiger charge is 2.16. The number of carbonyl (C=O) groups is 1. The van der Waals surface area contributed by atoms with E-state index in [0.717, 1.165) is 0 Å². The van der Waals surface area contributed by atoms with Gasteiger partial charge in [0.1, 0.15) is 30.6 Å². The van der Waals surface area contributed by atoms with E-state index < -0.39 is 25.4 Å². The number of halogens is 2. The van der Waals surface area contributed by atoms with Crippen molar-refractivity contribution in [1.29, 1.82) is 0 Å². The molecule has 0 aliphatic heterocycles. The van der Waals surface area contributed by atoms with Crippen LogP contribution < -0.4 is 14.8 Å². The molecule has 0 bridgehead atoms. The summed E-state index contributed by atoms with van der Waals surface area (Å²) in [6.07, 6.45) is 3.50. The summed E-state index contributed by atoms with van der Waals surface area (Å²) in [6, 6.07) is 9.31. The molecule has 0 saturated heterocycles. The average Bonchev–Trinajstić information content (AvgIpc) is 3.11. The molecule has 9 heteroatoms. The normalized spacial score (nSPS) is 10.7.